The maximum absolute atomic E-state index is 12.8. The lowest BCUT2D eigenvalue weighted by atomic mass is 9.77. The number of alkyl halides is 2. The summed E-state index contributed by atoms with van der Waals surface area (Å²) in [7, 11) is 4.97. The molecule has 0 aliphatic heterocycles. The van der Waals surface area contributed by atoms with Crippen LogP contribution in [-0.4, -0.2) is 25.3 Å². The summed E-state index contributed by atoms with van der Waals surface area (Å²) in [6.07, 6.45) is -1.06. The van der Waals surface area contributed by atoms with E-state index in [9.17, 15) is 8.78 Å². The van der Waals surface area contributed by atoms with Gasteiger partial charge in [0.25, 0.3) is 0 Å². The largest absolute Gasteiger partial charge is 0.252 e. The molecule has 0 aromatic rings. The van der Waals surface area contributed by atoms with Crippen molar-refractivity contribution in [2.75, 3.05) is 5.75 Å². The van der Waals surface area contributed by atoms with E-state index in [1.54, 1.807) is 0 Å². The summed E-state index contributed by atoms with van der Waals surface area (Å²) in [5.74, 6) is 0.537. The fourth-order valence-corrected chi connectivity index (χ4v) is 0.707. The average Bonchev–Trinajstić information content (AvgIpc) is 1.84. The SMILES string of the molecule is [B]C(F)(CCCS)C(C)F. The molecule has 0 amide bonds. The normalized spacial score (nSPS) is 20.0. The first-order valence-electron chi connectivity index (χ1n) is 3.23. The summed E-state index contributed by atoms with van der Waals surface area (Å²) in [6, 6.07) is 0. The molecule has 0 spiro atoms. The Kier molecular flexibility index (Phi) is 4.33. The van der Waals surface area contributed by atoms with Gasteiger partial charge in [-0.2, -0.15) is 12.6 Å². The fourth-order valence-electron chi connectivity index (χ4n) is 0.549. The van der Waals surface area contributed by atoms with Crippen LogP contribution in [0.25, 0.3) is 0 Å². The van der Waals surface area contributed by atoms with Crippen molar-refractivity contribution in [3.05, 3.63) is 0 Å². The number of halogens is 2. The summed E-state index contributed by atoms with van der Waals surface area (Å²) in [4.78, 5) is 0. The molecule has 0 saturated carbocycles. The Morgan fingerprint density at radius 3 is 2.50 bits per heavy atom. The van der Waals surface area contributed by atoms with Gasteiger partial charge in [0.1, 0.15) is 14.0 Å². The maximum Gasteiger partial charge on any atom is 0.125 e. The second-order valence-corrected chi connectivity index (χ2v) is 2.82. The quantitative estimate of drug-likeness (QED) is 0.476. The molecule has 2 radical (unpaired) electrons. The molecular weight excluding hydrogens is 153 g/mol. The Balaban J connectivity index is 3.63. The highest BCUT2D eigenvalue weighted by Gasteiger charge is 2.29. The van der Waals surface area contributed by atoms with E-state index in [-0.39, 0.29) is 6.42 Å². The van der Waals surface area contributed by atoms with Crippen LogP contribution in [0.15, 0.2) is 0 Å². The first kappa shape index (κ1) is 10.3. The second-order valence-electron chi connectivity index (χ2n) is 2.37. The molecule has 10 heavy (non-hydrogen) atoms. The van der Waals surface area contributed by atoms with Crippen molar-refractivity contribution >= 4 is 20.5 Å². The lowest BCUT2D eigenvalue weighted by Gasteiger charge is -2.21. The van der Waals surface area contributed by atoms with Gasteiger partial charge in [0, 0.05) is 0 Å². The molecule has 0 N–H and O–H groups in total. The molecule has 0 fully saturated rings. The van der Waals surface area contributed by atoms with E-state index in [2.05, 4.69) is 12.6 Å². The highest BCUT2D eigenvalue weighted by Crippen LogP contribution is 2.21. The Hall–Kier alpha value is 0.275. The molecule has 0 saturated heterocycles. The van der Waals surface area contributed by atoms with Gasteiger partial charge in [-0.05, 0) is 25.5 Å². The van der Waals surface area contributed by atoms with Crippen molar-refractivity contribution in [2.24, 2.45) is 0 Å². The van der Waals surface area contributed by atoms with Crippen LogP contribution in [0.1, 0.15) is 19.8 Å². The molecule has 0 aliphatic carbocycles. The van der Waals surface area contributed by atoms with E-state index in [1.165, 1.54) is 0 Å². The zero-order valence-corrected chi connectivity index (χ0v) is 6.87. The molecule has 4 heteroatoms. The van der Waals surface area contributed by atoms with Gasteiger partial charge in [-0.25, -0.2) is 4.39 Å². The van der Waals surface area contributed by atoms with Crippen LogP contribution >= 0.6 is 12.6 Å². The van der Waals surface area contributed by atoms with Crippen molar-refractivity contribution in [3.8, 4) is 0 Å². The summed E-state index contributed by atoms with van der Waals surface area (Å²) < 4.78 is 25.0. The van der Waals surface area contributed by atoms with Crippen LogP contribution in [-0.2, 0) is 0 Å². The number of thiol groups is 1. The second kappa shape index (κ2) is 4.22. The zero-order chi connectivity index (χ0) is 8.20. The fraction of sp³-hybridized carbons (Fsp3) is 1.00. The van der Waals surface area contributed by atoms with Gasteiger partial charge in [0.2, 0.25) is 0 Å². The minimum atomic E-state index is -2.16. The van der Waals surface area contributed by atoms with Gasteiger partial charge < -0.3 is 0 Å². The lowest BCUT2D eigenvalue weighted by Crippen LogP contribution is -2.33. The molecule has 2 atom stereocenters. The summed E-state index contributed by atoms with van der Waals surface area (Å²) in [6.45, 7) is 1.12. The zero-order valence-electron chi connectivity index (χ0n) is 5.98. The van der Waals surface area contributed by atoms with Crippen molar-refractivity contribution < 1.29 is 8.78 Å². The third kappa shape index (κ3) is 3.45. The standard InChI is InChI=1S/C6H11BF2S/c1-5(8)6(7,9)3-2-4-10/h5,10H,2-4H2,1H3. The van der Waals surface area contributed by atoms with Crippen LogP contribution in [0.2, 0.25) is 0 Å². The van der Waals surface area contributed by atoms with Gasteiger partial charge in [0.05, 0.1) is 5.57 Å². The molecule has 2 unspecified atom stereocenters. The smallest absolute Gasteiger partial charge is 0.125 e. The van der Waals surface area contributed by atoms with Crippen molar-refractivity contribution in [3.63, 3.8) is 0 Å². The third-order valence-corrected chi connectivity index (χ3v) is 1.70. The van der Waals surface area contributed by atoms with Crippen molar-refractivity contribution in [2.45, 2.75) is 31.5 Å². The molecule has 0 aromatic carbocycles. The summed E-state index contributed by atoms with van der Waals surface area (Å²) in [5.41, 5.74) is -2.16. The highest BCUT2D eigenvalue weighted by molar-refractivity contribution is 7.80. The van der Waals surface area contributed by atoms with Gasteiger partial charge >= 0.3 is 0 Å². The van der Waals surface area contributed by atoms with E-state index in [0.29, 0.717) is 12.2 Å². The highest BCUT2D eigenvalue weighted by atomic mass is 32.1. The van der Waals surface area contributed by atoms with E-state index in [4.69, 9.17) is 7.85 Å². The van der Waals surface area contributed by atoms with Crippen LogP contribution in [0.4, 0.5) is 8.78 Å². The summed E-state index contributed by atoms with van der Waals surface area (Å²) >= 11 is 3.86. The third-order valence-electron chi connectivity index (χ3n) is 1.38. The van der Waals surface area contributed by atoms with Gasteiger partial charge in [-0.15, -0.1) is 0 Å². The van der Waals surface area contributed by atoms with E-state index >= 15 is 0 Å². The molecule has 0 heterocycles. The molecule has 58 valence electrons. The Morgan fingerprint density at radius 1 is 1.70 bits per heavy atom. The minimum Gasteiger partial charge on any atom is -0.252 e. The minimum absolute atomic E-state index is 0.0359. The van der Waals surface area contributed by atoms with E-state index in [1.807, 2.05) is 0 Å². The van der Waals surface area contributed by atoms with Crippen LogP contribution < -0.4 is 0 Å². The molecule has 0 aromatic heterocycles. The van der Waals surface area contributed by atoms with Crippen LogP contribution in [0.3, 0.4) is 0 Å². The van der Waals surface area contributed by atoms with Crippen LogP contribution in [0.5, 0.6) is 0 Å². The first-order chi connectivity index (χ1) is 4.50. The molecule has 0 aliphatic rings. The Bertz CT molecular complexity index is 95.7. The van der Waals surface area contributed by atoms with Gasteiger partial charge in [-0.3, -0.25) is 4.39 Å². The van der Waals surface area contributed by atoms with Gasteiger partial charge in [0.15, 0.2) is 0 Å². The molecule has 0 bridgehead atoms. The number of rotatable bonds is 4. The molecular formula is C6H11BF2S. The topological polar surface area (TPSA) is 0 Å². The predicted molar refractivity (Wildman–Crippen MR) is 43.3 cm³/mol. The van der Waals surface area contributed by atoms with E-state index < -0.39 is 11.7 Å². The Labute approximate surface area is 67.2 Å². The lowest BCUT2D eigenvalue weighted by molar-refractivity contribution is 0.131. The first-order valence-corrected chi connectivity index (χ1v) is 3.86. The van der Waals surface area contributed by atoms with Crippen molar-refractivity contribution in [1.82, 2.24) is 0 Å². The average molecular weight is 164 g/mol. The molecule has 0 rings (SSSR count). The number of hydrogen-bond acceptors (Lipinski definition) is 1. The monoisotopic (exact) mass is 164 g/mol. The van der Waals surface area contributed by atoms with Crippen molar-refractivity contribution in [1.29, 1.82) is 0 Å². The maximum atomic E-state index is 12.8. The predicted octanol–water partition coefficient (Wildman–Crippen LogP) is 1.89. The van der Waals surface area contributed by atoms with Crippen LogP contribution in [0, 0.1) is 0 Å². The molecule has 0 nitrogen and oxygen atoms in total. The van der Waals surface area contributed by atoms with E-state index in [0.717, 1.165) is 6.92 Å². The number of hydrogen-bond donors (Lipinski definition) is 1. The summed E-state index contributed by atoms with van der Waals surface area (Å²) in [5, 5.41) is 0. The van der Waals surface area contributed by atoms with Gasteiger partial charge in [-0.1, -0.05) is 0 Å². The Morgan fingerprint density at radius 2 is 2.20 bits per heavy atom.